The fourth-order valence-electron chi connectivity index (χ4n) is 2.82. The third-order valence-corrected chi connectivity index (χ3v) is 3.95. The Hall–Kier alpha value is -1.53. The van der Waals surface area contributed by atoms with Crippen LogP contribution in [0.25, 0.3) is 0 Å². The summed E-state index contributed by atoms with van der Waals surface area (Å²) in [4.78, 5) is 14.6. The fourth-order valence-corrected chi connectivity index (χ4v) is 2.82. The standard InChI is InChI=1S/C15H20F2N2O2/c1-11(15-12(16)4-2-5-13(15)17)19-7-3-6-18(8-9-19)10-14(20)21/h2,4-5,11H,3,6-10H2,1H3,(H,20,21). The number of aliphatic carboxylic acids is 1. The van der Waals surface area contributed by atoms with Crippen LogP contribution in [0.3, 0.4) is 0 Å². The van der Waals surface area contributed by atoms with Crippen molar-refractivity contribution in [3.8, 4) is 0 Å². The zero-order valence-corrected chi connectivity index (χ0v) is 12.1. The smallest absolute Gasteiger partial charge is 0.317 e. The molecule has 1 saturated heterocycles. The summed E-state index contributed by atoms with van der Waals surface area (Å²) in [5.74, 6) is -1.92. The third-order valence-electron chi connectivity index (χ3n) is 3.95. The number of halogens is 2. The molecule has 1 aromatic carbocycles. The highest BCUT2D eigenvalue weighted by Gasteiger charge is 2.25. The first kappa shape index (κ1) is 15.9. The van der Waals surface area contributed by atoms with Gasteiger partial charge in [-0.3, -0.25) is 14.6 Å². The molecule has 2 rings (SSSR count). The Morgan fingerprint density at radius 3 is 2.52 bits per heavy atom. The van der Waals surface area contributed by atoms with Gasteiger partial charge in [-0.2, -0.15) is 0 Å². The molecule has 1 fully saturated rings. The van der Waals surface area contributed by atoms with Crippen molar-refractivity contribution in [1.82, 2.24) is 9.80 Å². The molecular formula is C15H20F2N2O2. The van der Waals surface area contributed by atoms with Crippen molar-refractivity contribution in [2.24, 2.45) is 0 Å². The van der Waals surface area contributed by atoms with Crippen LogP contribution >= 0.6 is 0 Å². The van der Waals surface area contributed by atoms with Crippen molar-refractivity contribution in [2.45, 2.75) is 19.4 Å². The molecule has 1 aliphatic heterocycles. The van der Waals surface area contributed by atoms with Gasteiger partial charge in [0, 0.05) is 37.8 Å². The quantitative estimate of drug-likeness (QED) is 0.925. The lowest BCUT2D eigenvalue weighted by molar-refractivity contribution is -0.138. The molecule has 0 aliphatic carbocycles. The molecule has 1 atom stereocenters. The van der Waals surface area contributed by atoms with Gasteiger partial charge in [0.05, 0.1) is 6.54 Å². The zero-order valence-electron chi connectivity index (χ0n) is 12.1. The second kappa shape index (κ2) is 6.95. The molecule has 1 aliphatic rings. The van der Waals surface area contributed by atoms with Crippen molar-refractivity contribution in [1.29, 1.82) is 0 Å². The number of hydrogen-bond donors (Lipinski definition) is 1. The van der Waals surface area contributed by atoms with Gasteiger partial charge in [0.2, 0.25) is 0 Å². The van der Waals surface area contributed by atoms with Crippen LogP contribution in [-0.2, 0) is 4.79 Å². The number of carboxylic acid groups (broad SMARTS) is 1. The average molecular weight is 298 g/mol. The molecule has 0 radical (unpaired) electrons. The Bertz CT molecular complexity index is 490. The summed E-state index contributed by atoms with van der Waals surface area (Å²) in [5, 5.41) is 8.83. The minimum Gasteiger partial charge on any atom is -0.480 e. The van der Waals surface area contributed by atoms with Gasteiger partial charge in [0.1, 0.15) is 11.6 Å². The van der Waals surface area contributed by atoms with Crippen LogP contribution in [0.4, 0.5) is 8.78 Å². The van der Waals surface area contributed by atoms with Crippen molar-refractivity contribution in [3.63, 3.8) is 0 Å². The van der Waals surface area contributed by atoms with Crippen LogP contribution in [0.1, 0.15) is 24.9 Å². The number of carbonyl (C=O) groups is 1. The van der Waals surface area contributed by atoms with Crippen molar-refractivity contribution in [3.05, 3.63) is 35.4 Å². The molecular weight excluding hydrogens is 278 g/mol. The summed E-state index contributed by atoms with van der Waals surface area (Å²) in [6, 6.07) is 3.53. The number of carboxylic acids is 1. The molecule has 0 amide bonds. The van der Waals surface area contributed by atoms with Gasteiger partial charge >= 0.3 is 5.97 Å². The van der Waals surface area contributed by atoms with Gasteiger partial charge in [-0.25, -0.2) is 8.78 Å². The van der Waals surface area contributed by atoms with E-state index in [0.29, 0.717) is 26.2 Å². The van der Waals surface area contributed by atoms with E-state index >= 15 is 0 Å². The van der Waals surface area contributed by atoms with Crippen molar-refractivity contribution < 1.29 is 18.7 Å². The second-order valence-corrected chi connectivity index (χ2v) is 5.37. The second-order valence-electron chi connectivity index (χ2n) is 5.37. The highest BCUT2D eigenvalue weighted by atomic mass is 19.1. The maximum absolute atomic E-state index is 13.9. The molecule has 1 aromatic rings. The molecule has 4 nitrogen and oxygen atoms in total. The monoisotopic (exact) mass is 298 g/mol. The van der Waals surface area contributed by atoms with Crippen LogP contribution < -0.4 is 0 Å². The predicted molar refractivity (Wildman–Crippen MR) is 75.0 cm³/mol. The molecule has 116 valence electrons. The maximum atomic E-state index is 13.9. The normalized spacial score (nSPS) is 19.2. The first-order valence-electron chi connectivity index (χ1n) is 7.11. The van der Waals surface area contributed by atoms with E-state index in [4.69, 9.17) is 5.11 Å². The molecule has 0 saturated carbocycles. The van der Waals surface area contributed by atoms with E-state index in [1.807, 2.05) is 9.80 Å². The average Bonchev–Trinajstić information content (AvgIpc) is 2.63. The van der Waals surface area contributed by atoms with E-state index < -0.39 is 17.6 Å². The Morgan fingerprint density at radius 1 is 1.24 bits per heavy atom. The van der Waals surface area contributed by atoms with Gasteiger partial charge in [-0.05, 0) is 25.5 Å². The maximum Gasteiger partial charge on any atom is 0.317 e. The summed E-state index contributed by atoms with van der Waals surface area (Å²) in [6.07, 6.45) is 0.785. The van der Waals surface area contributed by atoms with E-state index in [0.717, 1.165) is 6.42 Å². The van der Waals surface area contributed by atoms with Crippen molar-refractivity contribution >= 4 is 5.97 Å². The fraction of sp³-hybridized carbons (Fsp3) is 0.533. The topological polar surface area (TPSA) is 43.8 Å². The predicted octanol–water partition coefficient (Wildman–Crippen LogP) is 2.12. The molecule has 0 spiro atoms. The van der Waals surface area contributed by atoms with Gasteiger partial charge in [-0.15, -0.1) is 0 Å². The largest absolute Gasteiger partial charge is 0.480 e. The van der Waals surface area contributed by atoms with E-state index in [1.54, 1.807) is 6.92 Å². The number of rotatable bonds is 4. The summed E-state index contributed by atoms with van der Waals surface area (Å²) in [7, 11) is 0. The van der Waals surface area contributed by atoms with Crippen LogP contribution in [0.2, 0.25) is 0 Å². The van der Waals surface area contributed by atoms with Gasteiger partial charge in [-0.1, -0.05) is 6.07 Å². The van der Waals surface area contributed by atoms with Gasteiger partial charge in [0.15, 0.2) is 0 Å². The lowest BCUT2D eigenvalue weighted by atomic mass is 10.1. The Kier molecular flexibility index (Phi) is 5.25. The molecule has 21 heavy (non-hydrogen) atoms. The lowest BCUT2D eigenvalue weighted by Gasteiger charge is -2.28. The minimum atomic E-state index is -0.850. The van der Waals surface area contributed by atoms with Crippen LogP contribution in [-0.4, -0.2) is 53.6 Å². The Balaban J connectivity index is 2.06. The number of nitrogens with zero attached hydrogens (tertiary/aromatic N) is 2. The first-order valence-corrected chi connectivity index (χ1v) is 7.11. The van der Waals surface area contributed by atoms with E-state index in [9.17, 15) is 13.6 Å². The molecule has 1 unspecified atom stereocenters. The third kappa shape index (κ3) is 3.98. The summed E-state index contributed by atoms with van der Waals surface area (Å²) >= 11 is 0. The summed E-state index contributed by atoms with van der Waals surface area (Å²) in [5.41, 5.74) is 0.0872. The summed E-state index contributed by atoms with van der Waals surface area (Å²) in [6.45, 7) is 4.37. The number of hydrogen-bond acceptors (Lipinski definition) is 3. The van der Waals surface area contributed by atoms with Crippen LogP contribution in [0.15, 0.2) is 18.2 Å². The Labute approximate surface area is 123 Å². The molecule has 0 aromatic heterocycles. The van der Waals surface area contributed by atoms with E-state index in [-0.39, 0.29) is 18.2 Å². The molecule has 0 bridgehead atoms. The van der Waals surface area contributed by atoms with Gasteiger partial charge in [0.25, 0.3) is 0 Å². The first-order chi connectivity index (χ1) is 9.99. The van der Waals surface area contributed by atoms with Crippen LogP contribution in [0, 0.1) is 11.6 Å². The lowest BCUT2D eigenvalue weighted by Crippen LogP contribution is -2.35. The Morgan fingerprint density at radius 2 is 1.90 bits per heavy atom. The molecule has 1 heterocycles. The highest BCUT2D eigenvalue weighted by molar-refractivity contribution is 5.69. The van der Waals surface area contributed by atoms with E-state index in [1.165, 1.54) is 18.2 Å². The number of benzene rings is 1. The minimum absolute atomic E-state index is 0.0102. The van der Waals surface area contributed by atoms with Crippen molar-refractivity contribution in [2.75, 3.05) is 32.7 Å². The van der Waals surface area contributed by atoms with E-state index in [2.05, 4.69) is 0 Å². The van der Waals surface area contributed by atoms with Crippen LogP contribution in [0.5, 0.6) is 0 Å². The molecule has 1 N–H and O–H groups in total. The summed E-state index contributed by atoms with van der Waals surface area (Å²) < 4.78 is 27.7. The highest BCUT2D eigenvalue weighted by Crippen LogP contribution is 2.26. The van der Waals surface area contributed by atoms with Gasteiger partial charge < -0.3 is 5.11 Å². The molecule has 6 heteroatoms. The SMILES string of the molecule is CC(c1c(F)cccc1F)N1CCCN(CC(=O)O)CC1. The zero-order chi connectivity index (χ0) is 15.4.